The molecule has 1 fully saturated rings. The van der Waals surface area contributed by atoms with E-state index in [1.165, 1.54) is 25.7 Å². The SMILES string of the molecule is CC1CCCCC1N(C)c1ccc(CO)cc1C#N. The van der Waals surface area contributed by atoms with E-state index in [1.54, 1.807) is 6.07 Å². The molecule has 1 N–H and O–H groups in total. The molecule has 0 radical (unpaired) electrons. The molecule has 0 aliphatic heterocycles. The van der Waals surface area contributed by atoms with Gasteiger partial charge in [0.25, 0.3) is 0 Å². The molecular formula is C16H22N2O. The van der Waals surface area contributed by atoms with E-state index in [4.69, 9.17) is 5.11 Å². The zero-order chi connectivity index (χ0) is 13.8. The summed E-state index contributed by atoms with van der Waals surface area (Å²) in [5, 5.41) is 18.4. The van der Waals surface area contributed by atoms with Gasteiger partial charge in [0, 0.05) is 13.1 Å². The fourth-order valence-corrected chi connectivity index (χ4v) is 3.13. The molecule has 3 heteroatoms. The Morgan fingerprint density at radius 3 is 2.74 bits per heavy atom. The first-order valence-corrected chi connectivity index (χ1v) is 7.04. The van der Waals surface area contributed by atoms with Crippen molar-refractivity contribution in [1.82, 2.24) is 0 Å². The Kier molecular flexibility index (Phi) is 4.44. The molecule has 1 aromatic carbocycles. The average Bonchev–Trinajstić information content (AvgIpc) is 2.46. The van der Waals surface area contributed by atoms with Crippen molar-refractivity contribution in [2.45, 2.75) is 45.3 Å². The summed E-state index contributed by atoms with van der Waals surface area (Å²) in [5.74, 6) is 0.669. The molecule has 0 amide bonds. The molecule has 1 aliphatic rings. The van der Waals surface area contributed by atoms with E-state index in [2.05, 4.69) is 24.9 Å². The van der Waals surface area contributed by atoms with Crippen LogP contribution in [0.2, 0.25) is 0 Å². The number of aliphatic hydroxyl groups is 1. The highest BCUT2D eigenvalue weighted by molar-refractivity contribution is 5.60. The average molecular weight is 258 g/mol. The van der Waals surface area contributed by atoms with E-state index in [1.807, 2.05) is 12.1 Å². The zero-order valence-electron chi connectivity index (χ0n) is 11.8. The van der Waals surface area contributed by atoms with Crippen LogP contribution in [0.5, 0.6) is 0 Å². The normalized spacial score (nSPS) is 22.8. The second-order valence-corrected chi connectivity index (χ2v) is 5.56. The van der Waals surface area contributed by atoms with E-state index in [9.17, 15) is 5.26 Å². The fraction of sp³-hybridized carbons (Fsp3) is 0.562. The van der Waals surface area contributed by atoms with E-state index in [-0.39, 0.29) is 6.61 Å². The van der Waals surface area contributed by atoms with Gasteiger partial charge in [0.05, 0.1) is 17.9 Å². The van der Waals surface area contributed by atoms with Crippen molar-refractivity contribution in [3.8, 4) is 6.07 Å². The first-order chi connectivity index (χ1) is 9.17. The maximum Gasteiger partial charge on any atom is 0.101 e. The lowest BCUT2D eigenvalue weighted by atomic mass is 9.84. The predicted molar refractivity (Wildman–Crippen MR) is 76.9 cm³/mol. The molecule has 1 saturated carbocycles. The lowest BCUT2D eigenvalue weighted by Crippen LogP contribution is -2.39. The summed E-state index contributed by atoms with van der Waals surface area (Å²) < 4.78 is 0. The molecule has 2 atom stereocenters. The molecule has 2 unspecified atom stereocenters. The molecule has 0 bridgehead atoms. The Bertz CT molecular complexity index is 478. The largest absolute Gasteiger partial charge is 0.392 e. The Morgan fingerprint density at radius 1 is 1.37 bits per heavy atom. The van der Waals surface area contributed by atoms with Crippen LogP contribution in [0, 0.1) is 17.2 Å². The van der Waals surface area contributed by atoms with Gasteiger partial charge in [-0.25, -0.2) is 0 Å². The van der Waals surface area contributed by atoms with Crippen LogP contribution in [0.4, 0.5) is 5.69 Å². The molecule has 1 aromatic rings. The van der Waals surface area contributed by atoms with E-state index in [0.29, 0.717) is 17.5 Å². The summed E-state index contributed by atoms with van der Waals surface area (Å²) >= 11 is 0. The monoisotopic (exact) mass is 258 g/mol. The second-order valence-electron chi connectivity index (χ2n) is 5.56. The van der Waals surface area contributed by atoms with Gasteiger partial charge in [0.15, 0.2) is 0 Å². The van der Waals surface area contributed by atoms with Crippen LogP contribution < -0.4 is 4.90 Å². The first-order valence-electron chi connectivity index (χ1n) is 7.04. The van der Waals surface area contributed by atoms with Crippen LogP contribution in [-0.4, -0.2) is 18.2 Å². The van der Waals surface area contributed by atoms with Gasteiger partial charge in [-0.2, -0.15) is 5.26 Å². The number of nitriles is 1. The molecule has 2 rings (SSSR count). The molecule has 0 heterocycles. The summed E-state index contributed by atoms with van der Waals surface area (Å²) in [7, 11) is 2.08. The van der Waals surface area contributed by atoms with Crippen molar-refractivity contribution in [2.75, 3.05) is 11.9 Å². The van der Waals surface area contributed by atoms with Crippen LogP contribution in [0.1, 0.15) is 43.7 Å². The highest BCUT2D eigenvalue weighted by Crippen LogP contribution is 2.32. The minimum absolute atomic E-state index is 0.0154. The number of rotatable bonds is 3. The van der Waals surface area contributed by atoms with Crippen LogP contribution in [0.3, 0.4) is 0 Å². The van der Waals surface area contributed by atoms with Gasteiger partial charge in [-0.15, -0.1) is 0 Å². The summed E-state index contributed by atoms with van der Waals surface area (Å²) in [5.41, 5.74) is 2.44. The first kappa shape index (κ1) is 13.9. The Morgan fingerprint density at radius 2 is 2.11 bits per heavy atom. The predicted octanol–water partition coefficient (Wildman–Crippen LogP) is 3.07. The lowest BCUT2D eigenvalue weighted by molar-refractivity contribution is 0.282. The van der Waals surface area contributed by atoms with Gasteiger partial charge < -0.3 is 10.0 Å². The molecule has 0 saturated heterocycles. The number of nitrogens with zero attached hydrogens (tertiary/aromatic N) is 2. The number of anilines is 1. The minimum atomic E-state index is -0.0154. The van der Waals surface area contributed by atoms with Crippen molar-refractivity contribution < 1.29 is 5.11 Å². The molecule has 3 nitrogen and oxygen atoms in total. The molecule has 19 heavy (non-hydrogen) atoms. The lowest BCUT2D eigenvalue weighted by Gasteiger charge is -2.38. The maximum absolute atomic E-state index is 9.29. The van der Waals surface area contributed by atoms with Gasteiger partial charge in [-0.1, -0.05) is 25.8 Å². The van der Waals surface area contributed by atoms with E-state index >= 15 is 0 Å². The van der Waals surface area contributed by atoms with Crippen LogP contribution in [-0.2, 0) is 6.61 Å². The second kappa shape index (κ2) is 6.08. The molecule has 1 aliphatic carbocycles. The standard InChI is InChI=1S/C16H22N2O/c1-12-5-3-4-6-15(12)18(2)16-8-7-13(11-19)9-14(16)10-17/h7-9,12,15,19H,3-6,11H2,1-2H3. The Labute approximate surface area is 115 Å². The molecular weight excluding hydrogens is 236 g/mol. The van der Waals surface area contributed by atoms with E-state index in [0.717, 1.165) is 11.3 Å². The van der Waals surface area contributed by atoms with Crippen LogP contribution in [0.15, 0.2) is 18.2 Å². The summed E-state index contributed by atoms with van der Waals surface area (Å²) in [6.07, 6.45) is 5.06. The smallest absolute Gasteiger partial charge is 0.101 e. The molecule has 0 aromatic heterocycles. The number of benzene rings is 1. The van der Waals surface area contributed by atoms with Crippen LogP contribution in [0.25, 0.3) is 0 Å². The highest BCUT2D eigenvalue weighted by Gasteiger charge is 2.26. The summed E-state index contributed by atoms with van der Waals surface area (Å²) in [4.78, 5) is 2.25. The minimum Gasteiger partial charge on any atom is -0.392 e. The third kappa shape index (κ3) is 2.90. The number of hydrogen-bond acceptors (Lipinski definition) is 3. The Hall–Kier alpha value is -1.53. The molecule has 102 valence electrons. The van der Waals surface area contributed by atoms with Crippen molar-refractivity contribution in [2.24, 2.45) is 5.92 Å². The van der Waals surface area contributed by atoms with Gasteiger partial charge in [0.1, 0.15) is 6.07 Å². The van der Waals surface area contributed by atoms with Crippen molar-refractivity contribution in [3.05, 3.63) is 29.3 Å². The zero-order valence-corrected chi connectivity index (χ0v) is 11.8. The maximum atomic E-state index is 9.29. The van der Waals surface area contributed by atoms with Crippen molar-refractivity contribution in [1.29, 1.82) is 5.26 Å². The number of aliphatic hydroxyl groups excluding tert-OH is 1. The van der Waals surface area contributed by atoms with Gasteiger partial charge in [-0.3, -0.25) is 0 Å². The summed E-state index contributed by atoms with van der Waals surface area (Å²) in [6.45, 7) is 2.28. The third-order valence-corrected chi connectivity index (χ3v) is 4.31. The van der Waals surface area contributed by atoms with E-state index < -0.39 is 0 Å². The van der Waals surface area contributed by atoms with Crippen molar-refractivity contribution >= 4 is 5.69 Å². The summed E-state index contributed by atoms with van der Waals surface area (Å²) in [6, 6.07) is 8.42. The third-order valence-electron chi connectivity index (χ3n) is 4.31. The van der Waals surface area contributed by atoms with Crippen LogP contribution >= 0.6 is 0 Å². The Balaban J connectivity index is 2.27. The van der Waals surface area contributed by atoms with Gasteiger partial charge in [-0.05, 0) is 36.5 Å². The van der Waals surface area contributed by atoms with Gasteiger partial charge >= 0.3 is 0 Å². The quantitative estimate of drug-likeness (QED) is 0.906. The van der Waals surface area contributed by atoms with Crippen molar-refractivity contribution in [3.63, 3.8) is 0 Å². The topological polar surface area (TPSA) is 47.3 Å². The highest BCUT2D eigenvalue weighted by atomic mass is 16.3. The fourth-order valence-electron chi connectivity index (χ4n) is 3.13. The molecule has 0 spiro atoms. The van der Waals surface area contributed by atoms with Gasteiger partial charge in [0.2, 0.25) is 0 Å². The number of hydrogen-bond donors (Lipinski definition) is 1.